The lowest BCUT2D eigenvalue weighted by Crippen LogP contribution is -2.25. The third-order valence-electron chi connectivity index (χ3n) is 3.51. The highest BCUT2D eigenvalue weighted by Crippen LogP contribution is 2.20. The van der Waals surface area contributed by atoms with Crippen LogP contribution in [0.2, 0.25) is 0 Å². The lowest BCUT2D eigenvalue weighted by atomic mass is 10.2. The third kappa shape index (κ3) is 4.10. The van der Waals surface area contributed by atoms with Gasteiger partial charge in [0.1, 0.15) is 11.3 Å². The monoisotopic (exact) mass is 259 g/mol. The zero-order chi connectivity index (χ0) is 13.5. The van der Waals surface area contributed by atoms with E-state index in [0.29, 0.717) is 0 Å². The summed E-state index contributed by atoms with van der Waals surface area (Å²) in [6.45, 7) is 7.79. The average molecular weight is 259 g/mol. The number of hydrogen-bond donors (Lipinski definition) is 0. The van der Waals surface area contributed by atoms with Gasteiger partial charge in [-0.1, -0.05) is 44.9 Å². The van der Waals surface area contributed by atoms with E-state index in [-0.39, 0.29) is 0 Å². The molecule has 0 saturated carbocycles. The van der Waals surface area contributed by atoms with E-state index in [1.165, 1.54) is 44.2 Å². The fourth-order valence-electron chi connectivity index (χ4n) is 2.37. The zero-order valence-corrected chi connectivity index (χ0v) is 12.2. The summed E-state index contributed by atoms with van der Waals surface area (Å²) in [4.78, 5) is 2.52. The van der Waals surface area contributed by atoms with Crippen molar-refractivity contribution in [2.45, 2.75) is 46.1 Å². The Kier molecular flexibility index (Phi) is 5.46. The smallest absolute Gasteiger partial charge is 0.134 e. The molecule has 0 radical (unpaired) electrons. The molecule has 0 aliphatic heterocycles. The Balaban J connectivity index is 2.01. The van der Waals surface area contributed by atoms with Crippen molar-refractivity contribution in [1.82, 2.24) is 4.90 Å². The van der Waals surface area contributed by atoms with Gasteiger partial charge in [0.25, 0.3) is 0 Å². The molecule has 0 saturated heterocycles. The van der Waals surface area contributed by atoms with Crippen molar-refractivity contribution in [2.75, 3.05) is 13.1 Å². The molecule has 0 aliphatic carbocycles. The molecule has 0 bridgehead atoms. The number of nitrogens with zero attached hydrogens (tertiary/aromatic N) is 1. The highest BCUT2D eigenvalue weighted by atomic mass is 16.3. The Morgan fingerprint density at radius 1 is 1.00 bits per heavy atom. The highest BCUT2D eigenvalue weighted by molar-refractivity contribution is 5.77. The summed E-state index contributed by atoms with van der Waals surface area (Å²) in [5.41, 5.74) is 1.00. The van der Waals surface area contributed by atoms with Crippen molar-refractivity contribution in [3.05, 3.63) is 36.1 Å². The van der Waals surface area contributed by atoms with Crippen LogP contribution in [-0.4, -0.2) is 18.0 Å². The molecule has 2 aromatic rings. The van der Waals surface area contributed by atoms with Crippen LogP contribution in [0.5, 0.6) is 0 Å². The number of unbranched alkanes of at least 4 members (excludes halogenated alkanes) is 2. The van der Waals surface area contributed by atoms with E-state index >= 15 is 0 Å². The van der Waals surface area contributed by atoms with E-state index in [4.69, 9.17) is 4.42 Å². The number of furan rings is 1. The van der Waals surface area contributed by atoms with Crippen molar-refractivity contribution >= 4 is 11.0 Å². The van der Waals surface area contributed by atoms with Gasteiger partial charge in [-0.2, -0.15) is 0 Å². The Morgan fingerprint density at radius 2 is 1.68 bits per heavy atom. The number of benzene rings is 1. The van der Waals surface area contributed by atoms with Crippen LogP contribution in [0.1, 0.15) is 45.3 Å². The molecule has 0 unspecified atom stereocenters. The maximum atomic E-state index is 5.92. The molecule has 0 fully saturated rings. The molecule has 104 valence electrons. The lowest BCUT2D eigenvalue weighted by Gasteiger charge is -2.20. The third-order valence-corrected chi connectivity index (χ3v) is 3.51. The van der Waals surface area contributed by atoms with Crippen LogP contribution in [0.4, 0.5) is 0 Å². The molecular weight excluding hydrogens is 234 g/mol. The fraction of sp³-hybridized carbons (Fsp3) is 0.529. The maximum Gasteiger partial charge on any atom is 0.134 e. The van der Waals surface area contributed by atoms with Gasteiger partial charge in [-0.3, -0.25) is 4.90 Å². The minimum Gasteiger partial charge on any atom is -0.460 e. The molecule has 1 aromatic heterocycles. The largest absolute Gasteiger partial charge is 0.460 e. The van der Waals surface area contributed by atoms with E-state index < -0.39 is 0 Å². The highest BCUT2D eigenvalue weighted by Gasteiger charge is 2.09. The summed E-state index contributed by atoms with van der Waals surface area (Å²) >= 11 is 0. The summed E-state index contributed by atoms with van der Waals surface area (Å²) in [5.74, 6) is 1.09. The number of rotatable bonds is 8. The minimum atomic E-state index is 0.939. The van der Waals surface area contributed by atoms with Gasteiger partial charge in [0, 0.05) is 5.39 Å². The first kappa shape index (κ1) is 14.1. The van der Waals surface area contributed by atoms with Crippen LogP contribution in [-0.2, 0) is 6.54 Å². The van der Waals surface area contributed by atoms with E-state index in [9.17, 15) is 0 Å². The van der Waals surface area contributed by atoms with Crippen molar-refractivity contribution in [1.29, 1.82) is 0 Å². The van der Waals surface area contributed by atoms with Gasteiger partial charge in [0.2, 0.25) is 0 Å². The van der Waals surface area contributed by atoms with Crippen LogP contribution >= 0.6 is 0 Å². The molecule has 2 heteroatoms. The van der Waals surface area contributed by atoms with Crippen molar-refractivity contribution in [2.24, 2.45) is 0 Å². The molecule has 1 aromatic carbocycles. The van der Waals surface area contributed by atoms with Crippen LogP contribution in [0.3, 0.4) is 0 Å². The quantitative estimate of drug-likeness (QED) is 0.674. The number of fused-ring (bicyclic) bond motifs is 1. The SMILES string of the molecule is CCCCN(CCCC)Cc1cc2ccccc2o1. The van der Waals surface area contributed by atoms with Crippen LogP contribution in [0, 0.1) is 0 Å². The topological polar surface area (TPSA) is 16.4 Å². The Hall–Kier alpha value is -1.28. The second-order valence-electron chi connectivity index (χ2n) is 5.23. The fourth-order valence-corrected chi connectivity index (χ4v) is 2.37. The lowest BCUT2D eigenvalue weighted by molar-refractivity contribution is 0.239. The molecule has 1 heterocycles. The van der Waals surface area contributed by atoms with E-state index in [1.807, 2.05) is 12.1 Å². The zero-order valence-electron chi connectivity index (χ0n) is 12.2. The van der Waals surface area contributed by atoms with Gasteiger partial charge in [-0.15, -0.1) is 0 Å². The van der Waals surface area contributed by atoms with Crippen molar-refractivity contribution < 1.29 is 4.42 Å². The molecule has 0 spiro atoms. The van der Waals surface area contributed by atoms with Crippen LogP contribution in [0.25, 0.3) is 11.0 Å². The van der Waals surface area contributed by atoms with Crippen LogP contribution in [0.15, 0.2) is 34.7 Å². The van der Waals surface area contributed by atoms with Gasteiger partial charge in [0.15, 0.2) is 0 Å². The molecule has 0 amide bonds. The molecule has 0 atom stereocenters. The average Bonchev–Trinajstić information content (AvgIpc) is 2.84. The molecule has 2 nitrogen and oxygen atoms in total. The van der Waals surface area contributed by atoms with Crippen LogP contribution < -0.4 is 0 Å². The molecule has 2 rings (SSSR count). The molecular formula is C17H25NO. The maximum absolute atomic E-state index is 5.92. The van der Waals surface area contributed by atoms with Crippen molar-refractivity contribution in [3.8, 4) is 0 Å². The second kappa shape index (κ2) is 7.34. The van der Waals surface area contributed by atoms with Crippen molar-refractivity contribution in [3.63, 3.8) is 0 Å². The number of para-hydroxylation sites is 1. The minimum absolute atomic E-state index is 0.939. The van der Waals surface area contributed by atoms with Gasteiger partial charge in [0.05, 0.1) is 6.54 Å². The van der Waals surface area contributed by atoms with Gasteiger partial charge >= 0.3 is 0 Å². The number of hydrogen-bond acceptors (Lipinski definition) is 2. The van der Waals surface area contributed by atoms with E-state index in [2.05, 4.69) is 36.9 Å². The summed E-state index contributed by atoms with van der Waals surface area (Å²) in [6, 6.07) is 10.4. The van der Waals surface area contributed by atoms with E-state index in [1.54, 1.807) is 0 Å². The predicted octanol–water partition coefficient (Wildman–Crippen LogP) is 4.84. The molecule has 19 heavy (non-hydrogen) atoms. The normalized spacial score (nSPS) is 11.5. The summed E-state index contributed by atoms with van der Waals surface area (Å²) in [5, 5.41) is 1.21. The van der Waals surface area contributed by atoms with Gasteiger partial charge < -0.3 is 4.42 Å². The summed E-state index contributed by atoms with van der Waals surface area (Å²) < 4.78 is 5.92. The first-order valence-electron chi connectivity index (χ1n) is 7.53. The Labute approximate surface area is 116 Å². The Bertz CT molecular complexity index is 448. The first-order chi connectivity index (χ1) is 9.33. The van der Waals surface area contributed by atoms with E-state index in [0.717, 1.165) is 17.9 Å². The first-order valence-corrected chi connectivity index (χ1v) is 7.53. The summed E-state index contributed by atoms with van der Waals surface area (Å²) in [7, 11) is 0. The molecule has 0 N–H and O–H groups in total. The standard InChI is InChI=1S/C17H25NO/c1-3-5-11-18(12-6-4-2)14-16-13-15-9-7-8-10-17(15)19-16/h7-10,13H,3-6,11-12,14H2,1-2H3. The summed E-state index contributed by atoms with van der Waals surface area (Å²) in [6.07, 6.45) is 5.04. The van der Waals surface area contributed by atoms with Gasteiger partial charge in [-0.25, -0.2) is 0 Å². The molecule has 0 aliphatic rings. The Morgan fingerprint density at radius 3 is 2.32 bits per heavy atom. The predicted molar refractivity (Wildman–Crippen MR) is 81.3 cm³/mol. The van der Waals surface area contributed by atoms with Gasteiger partial charge in [-0.05, 0) is 38.1 Å². The second-order valence-corrected chi connectivity index (χ2v) is 5.23.